The van der Waals surface area contributed by atoms with Gasteiger partial charge in [-0.2, -0.15) is 0 Å². The van der Waals surface area contributed by atoms with E-state index >= 15 is 0 Å². The number of hydrogen-bond donors (Lipinski definition) is 2. The van der Waals surface area contributed by atoms with Crippen LogP contribution in [0, 0.1) is 0 Å². The largest absolute Gasteiger partial charge is 0.396 e. The number of hydroxylamine groups is 2. The third-order valence-electron chi connectivity index (χ3n) is 10.1. The van der Waals surface area contributed by atoms with Crippen LogP contribution in [0.15, 0.2) is 0 Å². The molecule has 0 radical (unpaired) electrons. The molecule has 0 heterocycles. The number of unbranched alkanes of at least 4 members (excludes halogenated alkanes) is 28. The van der Waals surface area contributed by atoms with E-state index in [9.17, 15) is 10.2 Å². The standard InChI is InChI=1S/C43H89NO4/c1-4-7-9-11-13-15-17-19-21-23-25-27-29-31-33-35-42(37-40-45)47-44(39-6-3)48-43(38-41-46)36-34-32-30-28-26-24-22-20-18-16-14-12-10-8-5-2/h42-43,45-46H,4-41H2,1-3H3. The van der Waals surface area contributed by atoms with Crippen molar-refractivity contribution in [3.8, 4) is 0 Å². The summed E-state index contributed by atoms with van der Waals surface area (Å²) in [5.41, 5.74) is 0. The predicted molar refractivity (Wildman–Crippen MR) is 209 cm³/mol. The molecule has 0 saturated carbocycles. The second-order valence-electron chi connectivity index (χ2n) is 15.0. The van der Waals surface area contributed by atoms with Crippen molar-refractivity contribution in [3.63, 3.8) is 0 Å². The van der Waals surface area contributed by atoms with Gasteiger partial charge in [0.2, 0.25) is 0 Å². The summed E-state index contributed by atoms with van der Waals surface area (Å²) in [7, 11) is 0. The highest BCUT2D eigenvalue weighted by Crippen LogP contribution is 2.20. The summed E-state index contributed by atoms with van der Waals surface area (Å²) in [6.45, 7) is 7.72. The monoisotopic (exact) mass is 684 g/mol. The highest BCUT2D eigenvalue weighted by Gasteiger charge is 2.19. The van der Waals surface area contributed by atoms with Crippen molar-refractivity contribution in [2.24, 2.45) is 0 Å². The second kappa shape index (κ2) is 41.2. The SMILES string of the molecule is CCCCCCCCCCCCCCCCCC(CCO)ON(CCC)OC(CCO)CCCCCCCCCCCCCCCCC. The van der Waals surface area contributed by atoms with E-state index in [0.717, 1.165) is 32.1 Å². The molecule has 0 aromatic rings. The van der Waals surface area contributed by atoms with Crippen LogP contribution in [0.2, 0.25) is 0 Å². The first-order valence-electron chi connectivity index (χ1n) is 22.0. The molecule has 0 rings (SSSR count). The van der Waals surface area contributed by atoms with E-state index in [0.29, 0.717) is 19.4 Å². The fourth-order valence-electron chi connectivity index (χ4n) is 6.92. The van der Waals surface area contributed by atoms with Gasteiger partial charge < -0.3 is 10.2 Å². The highest BCUT2D eigenvalue weighted by atomic mass is 17.0. The van der Waals surface area contributed by atoms with Crippen LogP contribution >= 0.6 is 0 Å². The van der Waals surface area contributed by atoms with Crippen molar-refractivity contribution < 1.29 is 19.9 Å². The van der Waals surface area contributed by atoms with E-state index < -0.39 is 0 Å². The molecule has 0 aromatic carbocycles. The molecular formula is C43H89NO4. The van der Waals surface area contributed by atoms with Gasteiger partial charge >= 0.3 is 0 Å². The molecule has 2 unspecified atom stereocenters. The van der Waals surface area contributed by atoms with Crippen LogP contribution in [0.4, 0.5) is 0 Å². The van der Waals surface area contributed by atoms with Gasteiger partial charge in [0.05, 0.1) is 18.8 Å². The molecule has 5 nitrogen and oxygen atoms in total. The van der Waals surface area contributed by atoms with Gasteiger partial charge in [-0.3, -0.25) is 9.68 Å². The summed E-state index contributed by atoms with van der Waals surface area (Å²) in [4.78, 5) is 12.7. The molecule has 0 spiro atoms. The first kappa shape index (κ1) is 47.8. The average Bonchev–Trinajstić information content (AvgIpc) is 3.08. The number of nitrogens with zero attached hydrogens (tertiary/aromatic N) is 1. The maximum absolute atomic E-state index is 9.70. The van der Waals surface area contributed by atoms with E-state index in [4.69, 9.17) is 9.68 Å². The van der Waals surface area contributed by atoms with Crippen LogP contribution in [-0.4, -0.2) is 47.4 Å². The zero-order chi connectivity index (χ0) is 35.0. The summed E-state index contributed by atoms with van der Waals surface area (Å²) in [6.07, 6.45) is 45.2. The lowest BCUT2D eigenvalue weighted by Gasteiger charge is -2.29. The van der Waals surface area contributed by atoms with E-state index in [1.165, 1.54) is 180 Å². The first-order valence-corrected chi connectivity index (χ1v) is 22.0. The summed E-state index contributed by atoms with van der Waals surface area (Å²) in [6, 6.07) is 0. The Morgan fingerprint density at radius 3 is 0.812 bits per heavy atom. The molecular weight excluding hydrogens is 594 g/mol. The van der Waals surface area contributed by atoms with Gasteiger partial charge in [0, 0.05) is 13.2 Å². The van der Waals surface area contributed by atoms with Crippen LogP contribution < -0.4 is 0 Å². The Kier molecular flexibility index (Phi) is 41.1. The van der Waals surface area contributed by atoms with Gasteiger partial charge in [-0.15, -0.1) is 0 Å². The summed E-state index contributed by atoms with van der Waals surface area (Å²) in [5, 5.41) is 21.1. The third-order valence-corrected chi connectivity index (χ3v) is 10.1. The normalized spacial score (nSPS) is 13.1. The minimum absolute atomic E-state index is 0.0101. The second-order valence-corrected chi connectivity index (χ2v) is 15.0. The van der Waals surface area contributed by atoms with Gasteiger partial charge in [0.15, 0.2) is 0 Å². The molecule has 0 aliphatic heterocycles. The summed E-state index contributed by atoms with van der Waals surface area (Å²) in [5.74, 6) is 0. The number of aliphatic hydroxyl groups excluding tert-OH is 2. The predicted octanol–water partition coefficient (Wildman–Crippen LogP) is 13.6. The van der Waals surface area contributed by atoms with E-state index in [1.54, 1.807) is 5.23 Å². The third kappa shape index (κ3) is 35.6. The minimum Gasteiger partial charge on any atom is -0.396 e. The molecule has 2 N–H and O–H groups in total. The zero-order valence-corrected chi connectivity index (χ0v) is 33.2. The molecule has 0 aliphatic carbocycles. The zero-order valence-electron chi connectivity index (χ0n) is 33.2. The van der Waals surface area contributed by atoms with E-state index in [1.807, 2.05) is 0 Å². The molecule has 0 amide bonds. The van der Waals surface area contributed by atoms with Crippen molar-refractivity contribution in [2.75, 3.05) is 19.8 Å². The quantitative estimate of drug-likeness (QED) is 0.0495. The van der Waals surface area contributed by atoms with Crippen LogP contribution in [-0.2, 0) is 9.68 Å². The number of hydrogen-bond acceptors (Lipinski definition) is 5. The topological polar surface area (TPSA) is 62.2 Å². The molecule has 5 heteroatoms. The van der Waals surface area contributed by atoms with Crippen molar-refractivity contribution in [2.45, 2.75) is 258 Å². The Bertz CT molecular complexity index is 531. The fraction of sp³-hybridized carbons (Fsp3) is 1.00. The van der Waals surface area contributed by atoms with Crippen molar-refractivity contribution in [3.05, 3.63) is 0 Å². The van der Waals surface area contributed by atoms with E-state index in [-0.39, 0.29) is 25.4 Å². The first-order chi connectivity index (χ1) is 23.7. The molecule has 48 heavy (non-hydrogen) atoms. The van der Waals surface area contributed by atoms with Crippen LogP contribution in [0.25, 0.3) is 0 Å². The van der Waals surface area contributed by atoms with E-state index in [2.05, 4.69) is 20.8 Å². The Balaban J connectivity index is 4.03. The maximum atomic E-state index is 9.70. The highest BCUT2D eigenvalue weighted by molar-refractivity contribution is 4.61. The Labute approximate surface area is 302 Å². The van der Waals surface area contributed by atoms with Crippen LogP contribution in [0.1, 0.15) is 245 Å². The van der Waals surface area contributed by atoms with Crippen LogP contribution in [0.5, 0.6) is 0 Å². The summed E-state index contributed by atoms with van der Waals surface area (Å²) >= 11 is 0. The van der Waals surface area contributed by atoms with Crippen molar-refractivity contribution >= 4 is 0 Å². The molecule has 0 fully saturated rings. The minimum atomic E-state index is -0.0101. The van der Waals surface area contributed by atoms with Crippen molar-refractivity contribution in [1.82, 2.24) is 5.23 Å². The molecule has 0 aromatic heterocycles. The lowest BCUT2D eigenvalue weighted by Crippen LogP contribution is -2.35. The fourth-order valence-corrected chi connectivity index (χ4v) is 6.92. The molecule has 0 bridgehead atoms. The molecule has 2 atom stereocenters. The lowest BCUT2D eigenvalue weighted by atomic mass is 10.0. The maximum Gasteiger partial charge on any atom is 0.0841 e. The van der Waals surface area contributed by atoms with Gasteiger partial charge in [-0.25, -0.2) is 0 Å². The Morgan fingerprint density at radius 1 is 0.333 bits per heavy atom. The summed E-state index contributed by atoms with van der Waals surface area (Å²) < 4.78 is 0. The van der Waals surface area contributed by atoms with Gasteiger partial charge in [0.1, 0.15) is 0 Å². The smallest absolute Gasteiger partial charge is 0.0841 e. The lowest BCUT2D eigenvalue weighted by molar-refractivity contribution is -0.404. The van der Waals surface area contributed by atoms with Gasteiger partial charge in [-0.05, 0) is 32.1 Å². The number of rotatable bonds is 42. The molecule has 290 valence electrons. The molecule has 0 aliphatic rings. The Hall–Kier alpha value is -0.200. The Morgan fingerprint density at radius 2 is 0.583 bits per heavy atom. The van der Waals surface area contributed by atoms with Crippen LogP contribution in [0.3, 0.4) is 0 Å². The van der Waals surface area contributed by atoms with Gasteiger partial charge in [0.25, 0.3) is 0 Å². The van der Waals surface area contributed by atoms with Crippen molar-refractivity contribution in [1.29, 1.82) is 0 Å². The number of aliphatic hydroxyl groups is 2. The average molecular weight is 684 g/mol. The molecule has 0 saturated heterocycles. The van der Waals surface area contributed by atoms with Gasteiger partial charge in [-0.1, -0.05) is 219 Å².